The highest BCUT2D eigenvalue weighted by Crippen LogP contribution is 2.22. The molecular weight excluding hydrogens is 236 g/mol. The van der Waals surface area contributed by atoms with Crippen molar-refractivity contribution in [2.75, 3.05) is 0 Å². The third-order valence-electron chi connectivity index (χ3n) is 2.78. The van der Waals surface area contributed by atoms with Gasteiger partial charge < -0.3 is 0 Å². The zero-order chi connectivity index (χ0) is 12.4. The maximum Gasteiger partial charge on any atom is 0.0869 e. The molecule has 92 valence electrons. The van der Waals surface area contributed by atoms with Crippen molar-refractivity contribution in [2.45, 2.75) is 40.3 Å². The summed E-state index contributed by atoms with van der Waals surface area (Å²) in [6, 6.07) is 1.99. The van der Waals surface area contributed by atoms with Gasteiger partial charge in [-0.25, -0.2) is 0 Å². The average molecular weight is 253 g/mol. The molecule has 0 fully saturated rings. The van der Waals surface area contributed by atoms with Gasteiger partial charge in [-0.3, -0.25) is 9.36 Å². The fourth-order valence-electron chi connectivity index (χ4n) is 1.87. The van der Waals surface area contributed by atoms with Gasteiger partial charge in [-0.2, -0.15) is 10.2 Å². The first kappa shape index (κ1) is 12.2. The van der Waals surface area contributed by atoms with Gasteiger partial charge >= 0.3 is 0 Å². The number of rotatable bonds is 4. The third-order valence-corrected chi connectivity index (χ3v) is 3.22. The minimum atomic E-state index is 0.674. The Kier molecular flexibility index (Phi) is 3.52. The number of aromatic nitrogens is 4. The lowest BCUT2D eigenvalue weighted by Crippen LogP contribution is -2.08. The molecular formula is C12H17ClN4. The van der Waals surface area contributed by atoms with Crippen LogP contribution in [-0.4, -0.2) is 19.6 Å². The molecule has 0 N–H and O–H groups in total. The summed E-state index contributed by atoms with van der Waals surface area (Å²) in [7, 11) is 0. The van der Waals surface area contributed by atoms with Gasteiger partial charge in [-0.1, -0.05) is 18.5 Å². The van der Waals surface area contributed by atoms with Crippen LogP contribution in [0.5, 0.6) is 0 Å². The second kappa shape index (κ2) is 4.92. The molecule has 0 unspecified atom stereocenters. The van der Waals surface area contributed by atoms with Gasteiger partial charge in [0.25, 0.3) is 0 Å². The zero-order valence-electron chi connectivity index (χ0n) is 10.4. The molecule has 0 radical (unpaired) electrons. The number of aryl methyl sites for hydroxylation is 3. The van der Waals surface area contributed by atoms with E-state index < -0.39 is 0 Å². The summed E-state index contributed by atoms with van der Waals surface area (Å²) in [5, 5.41) is 9.65. The molecule has 0 aliphatic heterocycles. The molecule has 2 rings (SSSR count). The van der Waals surface area contributed by atoms with Gasteiger partial charge in [0.05, 0.1) is 28.6 Å². The summed E-state index contributed by atoms with van der Waals surface area (Å²) in [6.45, 7) is 7.62. The first-order valence-corrected chi connectivity index (χ1v) is 6.27. The van der Waals surface area contributed by atoms with Gasteiger partial charge in [0.2, 0.25) is 0 Å². The molecule has 0 atom stereocenters. The number of halogens is 1. The summed E-state index contributed by atoms with van der Waals surface area (Å²) >= 11 is 6.34. The van der Waals surface area contributed by atoms with Gasteiger partial charge in [-0.15, -0.1) is 0 Å². The summed E-state index contributed by atoms with van der Waals surface area (Å²) in [6.07, 6.45) is 2.82. The Balaban J connectivity index is 2.34. The van der Waals surface area contributed by atoms with Crippen LogP contribution in [0.2, 0.25) is 5.02 Å². The Labute approximate surface area is 106 Å². The van der Waals surface area contributed by atoms with Crippen molar-refractivity contribution < 1.29 is 0 Å². The lowest BCUT2D eigenvalue weighted by Gasteiger charge is -2.05. The molecule has 4 nitrogen and oxygen atoms in total. The summed E-state index contributed by atoms with van der Waals surface area (Å²) in [5.74, 6) is 0. The molecule has 0 spiro atoms. The fraction of sp³-hybridized carbons (Fsp3) is 0.500. The Hall–Kier alpha value is -1.29. The van der Waals surface area contributed by atoms with Crippen LogP contribution >= 0.6 is 11.6 Å². The van der Waals surface area contributed by atoms with E-state index in [1.165, 1.54) is 0 Å². The normalized spacial score (nSPS) is 11.1. The topological polar surface area (TPSA) is 35.6 Å². The van der Waals surface area contributed by atoms with E-state index in [9.17, 15) is 0 Å². The maximum absolute atomic E-state index is 6.34. The molecule has 0 aliphatic carbocycles. The highest BCUT2D eigenvalue weighted by molar-refractivity contribution is 6.31. The third kappa shape index (κ3) is 2.36. The van der Waals surface area contributed by atoms with E-state index in [1.807, 2.05) is 28.6 Å². The van der Waals surface area contributed by atoms with Crippen LogP contribution < -0.4 is 0 Å². The Morgan fingerprint density at radius 2 is 2.06 bits per heavy atom. The molecule has 2 aromatic heterocycles. The van der Waals surface area contributed by atoms with E-state index in [-0.39, 0.29) is 0 Å². The minimum absolute atomic E-state index is 0.674. The monoisotopic (exact) mass is 252 g/mol. The van der Waals surface area contributed by atoms with Crippen LogP contribution in [0.15, 0.2) is 12.3 Å². The zero-order valence-corrected chi connectivity index (χ0v) is 11.2. The van der Waals surface area contributed by atoms with Crippen LogP contribution in [0.4, 0.5) is 0 Å². The molecule has 0 saturated carbocycles. The van der Waals surface area contributed by atoms with Crippen molar-refractivity contribution in [3.63, 3.8) is 0 Å². The van der Waals surface area contributed by atoms with Crippen LogP contribution in [0.1, 0.15) is 30.9 Å². The summed E-state index contributed by atoms with van der Waals surface area (Å²) < 4.78 is 3.85. The SMILES string of the molecule is CCc1nn(CC)c(Cn2ccc(C)n2)c1Cl. The largest absolute Gasteiger partial charge is 0.266 e. The van der Waals surface area contributed by atoms with Crippen LogP contribution in [0.3, 0.4) is 0 Å². The minimum Gasteiger partial charge on any atom is -0.266 e. The first-order chi connectivity index (χ1) is 8.15. The second-order valence-corrected chi connectivity index (χ2v) is 4.41. The Morgan fingerprint density at radius 1 is 1.29 bits per heavy atom. The van der Waals surface area contributed by atoms with E-state index in [0.29, 0.717) is 6.54 Å². The molecule has 0 aromatic carbocycles. The maximum atomic E-state index is 6.34. The van der Waals surface area contributed by atoms with E-state index in [2.05, 4.69) is 24.0 Å². The highest BCUT2D eigenvalue weighted by atomic mass is 35.5. The van der Waals surface area contributed by atoms with Crippen LogP contribution in [0.25, 0.3) is 0 Å². The van der Waals surface area contributed by atoms with E-state index in [0.717, 1.165) is 35.1 Å². The van der Waals surface area contributed by atoms with Crippen molar-refractivity contribution in [3.05, 3.63) is 34.4 Å². The standard InChI is InChI=1S/C12H17ClN4/c1-4-10-12(13)11(17(5-2)15-10)8-16-7-6-9(3)14-16/h6-7H,4-5,8H2,1-3H3. The number of hydrogen-bond acceptors (Lipinski definition) is 2. The Bertz CT molecular complexity index is 513. The van der Waals surface area contributed by atoms with E-state index in [4.69, 9.17) is 11.6 Å². The molecule has 0 aliphatic rings. The first-order valence-electron chi connectivity index (χ1n) is 5.89. The van der Waals surface area contributed by atoms with Crippen LogP contribution in [0, 0.1) is 6.92 Å². The molecule has 2 heterocycles. The number of hydrogen-bond donors (Lipinski definition) is 0. The van der Waals surface area contributed by atoms with Crippen molar-refractivity contribution >= 4 is 11.6 Å². The molecule has 0 saturated heterocycles. The van der Waals surface area contributed by atoms with Crippen molar-refractivity contribution in [2.24, 2.45) is 0 Å². The van der Waals surface area contributed by atoms with E-state index >= 15 is 0 Å². The molecule has 0 bridgehead atoms. The van der Waals surface area contributed by atoms with Gasteiger partial charge in [0.15, 0.2) is 0 Å². The summed E-state index contributed by atoms with van der Waals surface area (Å²) in [4.78, 5) is 0. The Morgan fingerprint density at radius 3 is 2.59 bits per heavy atom. The second-order valence-electron chi connectivity index (χ2n) is 4.03. The van der Waals surface area contributed by atoms with Crippen molar-refractivity contribution in [3.8, 4) is 0 Å². The van der Waals surface area contributed by atoms with Crippen LogP contribution in [-0.2, 0) is 19.5 Å². The van der Waals surface area contributed by atoms with Crippen molar-refractivity contribution in [1.82, 2.24) is 19.6 Å². The number of nitrogens with zero attached hydrogens (tertiary/aromatic N) is 4. The smallest absolute Gasteiger partial charge is 0.0869 e. The molecule has 0 amide bonds. The predicted octanol–water partition coefficient (Wildman–Crippen LogP) is 2.67. The van der Waals surface area contributed by atoms with E-state index in [1.54, 1.807) is 0 Å². The highest BCUT2D eigenvalue weighted by Gasteiger charge is 2.14. The fourth-order valence-corrected chi connectivity index (χ4v) is 2.20. The summed E-state index contributed by atoms with van der Waals surface area (Å²) in [5.41, 5.74) is 3.01. The van der Waals surface area contributed by atoms with Gasteiger partial charge in [0, 0.05) is 12.7 Å². The molecule has 5 heteroatoms. The lowest BCUT2D eigenvalue weighted by atomic mass is 10.3. The quantitative estimate of drug-likeness (QED) is 0.839. The average Bonchev–Trinajstić information content (AvgIpc) is 2.85. The predicted molar refractivity (Wildman–Crippen MR) is 68.4 cm³/mol. The molecule has 17 heavy (non-hydrogen) atoms. The lowest BCUT2D eigenvalue weighted by molar-refractivity contribution is 0.572. The van der Waals surface area contributed by atoms with Gasteiger partial charge in [0.1, 0.15) is 0 Å². The van der Waals surface area contributed by atoms with Gasteiger partial charge in [-0.05, 0) is 26.3 Å². The van der Waals surface area contributed by atoms with Crippen molar-refractivity contribution in [1.29, 1.82) is 0 Å². The molecule has 2 aromatic rings.